The fourth-order valence-corrected chi connectivity index (χ4v) is 2.98. The highest BCUT2D eigenvalue weighted by Crippen LogP contribution is 2.19. The van der Waals surface area contributed by atoms with Gasteiger partial charge in [0.25, 0.3) is 0 Å². The lowest BCUT2D eigenvalue weighted by Crippen LogP contribution is -2.40. The Hall–Kier alpha value is -1.42. The van der Waals surface area contributed by atoms with Gasteiger partial charge in [-0.1, -0.05) is 35.4 Å². The van der Waals surface area contributed by atoms with E-state index in [0.717, 1.165) is 6.42 Å². The quantitative estimate of drug-likeness (QED) is 0.359. The summed E-state index contributed by atoms with van der Waals surface area (Å²) in [6.45, 7) is 4.40. The third kappa shape index (κ3) is 13.9. The maximum Gasteiger partial charge on any atom is 0.321 e. The third-order valence-corrected chi connectivity index (χ3v) is 4.70. The van der Waals surface area contributed by atoms with E-state index >= 15 is 0 Å². The standard InChI is InChI=1S/C13H24N4O4S2/c1-9(2)4-5-10(18)16-13(21)15-6-7-22-23-8-11(19)17-12(20)14-3/h9H,4-8H2,1-3H3,(H2,14,17,19,20)(H2,15,16,18,21). The summed E-state index contributed by atoms with van der Waals surface area (Å²) >= 11 is 0. The summed E-state index contributed by atoms with van der Waals surface area (Å²) in [6.07, 6.45) is 1.07. The predicted molar refractivity (Wildman–Crippen MR) is 93.1 cm³/mol. The fourth-order valence-electron chi connectivity index (χ4n) is 1.24. The third-order valence-electron chi connectivity index (χ3n) is 2.43. The second kappa shape index (κ2) is 13.1. The molecule has 0 heterocycles. The molecule has 0 saturated carbocycles. The van der Waals surface area contributed by atoms with Gasteiger partial charge < -0.3 is 10.6 Å². The summed E-state index contributed by atoms with van der Waals surface area (Å²) in [7, 11) is 4.09. The Labute approximate surface area is 144 Å². The van der Waals surface area contributed by atoms with E-state index in [0.29, 0.717) is 24.6 Å². The Morgan fingerprint density at radius 2 is 1.61 bits per heavy atom. The van der Waals surface area contributed by atoms with Gasteiger partial charge in [-0.3, -0.25) is 20.2 Å². The average Bonchev–Trinajstić information content (AvgIpc) is 2.48. The van der Waals surface area contributed by atoms with Gasteiger partial charge in [0, 0.05) is 25.8 Å². The van der Waals surface area contributed by atoms with Gasteiger partial charge in [0.2, 0.25) is 11.8 Å². The number of carbonyl (C=O) groups is 4. The van der Waals surface area contributed by atoms with Crippen LogP contribution in [0.1, 0.15) is 26.7 Å². The van der Waals surface area contributed by atoms with E-state index in [-0.39, 0.29) is 17.6 Å². The van der Waals surface area contributed by atoms with Gasteiger partial charge in [-0.2, -0.15) is 0 Å². The average molecular weight is 364 g/mol. The second-order valence-electron chi connectivity index (χ2n) is 4.95. The molecule has 0 atom stereocenters. The molecule has 0 spiro atoms. The summed E-state index contributed by atoms with van der Waals surface area (Å²) in [5, 5.41) is 9.24. The molecule has 132 valence electrons. The molecule has 0 saturated heterocycles. The molecule has 8 nitrogen and oxygen atoms in total. The van der Waals surface area contributed by atoms with Crippen molar-refractivity contribution in [2.45, 2.75) is 26.7 Å². The monoisotopic (exact) mass is 364 g/mol. The normalized spacial score (nSPS) is 10.1. The molecule has 0 aliphatic carbocycles. The molecule has 0 aromatic carbocycles. The Bertz CT molecular complexity index is 419. The van der Waals surface area contributed by atoms with Gasteiger partial charge in [0.1, 0.15) is 0 Å². The molecule has 6 amide bonds. The minimum Gasteiger partial charge on any atom is -0.341 e. The molecule has 0 aromatic rings. The first kappa shape index (κ1) is 21.6. The van der Waals surface area contributed by atoms with Crippen LogP contribution in [0.15, 0.2) is 0 Å². The first-order valence-corrected chi connectivity index (χ1v) is 9.67. The number of nitrogens with one attached hydrogen (secondary N) is 4. The van der Waals surface area contributed by atoms with Crippen LogP contribution in [0.2, 0.25) is 0 Å². The number of carbonyl (C=O) groups excluding carboxylic acids is 4. The topological polar surface area (TPSA) is 116 Å². The van der Waals surface area contributed by atoms with Crippen molar-refractivity contribution < 1.29 is 19.2 Å². The molecule has 23 heavy (non-hydrogen) atoms. The van der Waals surface area contributed by atoms with Crippen LogP contribution in [0.5, 0.6) is 0 Å². The Kier molecular flexibility index (Phi) is 12.3. The minimum atomic E-state index is -0.541. The van der Waals surface area contributed by atoms with Crippen molar-refractivity contribution in [2.24, 2.45) is 5.92 Å². The molecule has 4 N–H and O–H groups in total. The zero-order valence-electron chi connectivity index (χ0n) is 13.6. The number of rotatable bonds is 9. The molecular weight excluding hydrogens is 340 g/mol. The van der Waals surface area contributed by atoms with E-state index in [2.05, 4.69) is 21.3 Å². The zero-order chi connectivity index (χ0) is 17.7. The first-order chi connectivity index (χ1) is 10.8. The second-order valence-corrected chi connectivity index (χ2v) is 7.53. The van der Waals surface area contributed by atoms with Crippen molar-refractivity contribution in [3.05, 3.63) is 0 Å². The van der Waals surface area contributed by atoms with Crippen LogP contribution in [-0.2, 0) is 9.59 Å². The molecule has 0 fully saturated rings. The van der Waals surface area contributed by atoms with Gasteiger partial charge in [-0.05, 0) is 12.3 Å². The van der Waals surface area contributed by atoms with E-state index in [1.54, 1.807) is 0 Å². The molecule has 10 heteroatoms. The number of amides is 6. The van der Waals surface area contributed by atoms with Crippen molar-refractivity contribution in [3.8, 4) is 0 Å². The Morgan fingerprint density at radius 1 is 0.957 bits per heavy atom. The molecular formula is C13H24N4O4S2. The Morgan fingerprint density at radius 3 is 2.22 bits per heavy atom. The molecule has 0 unspecified atom stereocenters. The van der Waals surface area contributed by atoms with Crippen LogP contribution in [0, 0.1) is 5.92 Å². The van der Waals surface area contributed by atoms with Gasteiger partial charge in [-0.15, -0.1) is 0 Å². The smallest absolute Gasteiger partial charge is 0.321 e. The van der Waals surface area contributed by atoms with Crippen molar-refractivity contribution in [2.75, 3.05) is 25.1 Å². The highest BCUT2D eigenvalue weighted by molar-refractivity contribution is 8.76. The highest BCUT2D eigenvalue weighted by atomic mass is 33.1. The van der Waals surface area contributed by atoms with E-state index in [4.69, 9.17) is 0 Å². The van der Waals surface area contributed by atoms with Gasteiger partial charge >= 0.3 is 12.1 Å². The first-order valence-electron chi connectivity index (χ1n) is 7.18. The summed E-state index contributed by atoms with van der Waals surface area (Å²) in [5.41, 5.74) is 0. The van der Waals surface area contributed by atoms with Crippen LogP contribution >= 0.6 is 21.6 Å². The molecule has 0 rings (SSSR count). The predicted octanol–water partition coefficient (Wildman–Crippen LogP) is 1.09. The fraction of sp³-hybridized carbons (Fsp3) is 0.692. The van der Waals surface area contributed by atoms with Crippen molar-refractivity contribution in [1.82, 2.24) is 21.3 Å². The van der Waals surface area contributed by atoms with Crippen molar-refractivity contribution >= 4 is 45.5 Å². The number of hydrogen-bond donors (Lipinski definition) is 4. The molecule has 0 radical (unpaired) electrons. The summed E-state index contributed by atoms with van der Waals surface area (Å²) in [4.78, 5) is 45.0. The lowest BCUT2D eigenvalue weighted by atomic mass is 10.1. The van der Waals surface area contributed by atoms with Gasteiger partial charge in [0.05, 0.1) is 5.75 Å². The lowest BCUT2D eigenvalue weighted by molar-refractivity contribution is -0.120. The zero-order valence-corrected chi connectivity index (χ0v) is 15.2. The summed E-state index contributed by atoms with van der Waals surface area (Å²) < 4.78 is 0. The number of urea groups is 2. The van der Waals surface area contributed by atoms with Crippen LogP contribution in [0.4, 0.5) is 9.59 Å². The SMILES string of the molecule is CNC(=O)NC(=O)CSSCCNC(=O)NC(=O)CCC(C)C. The van der Waals surface area contributed by atoms with Crippen LogP contribution in [0.25, 0.3) is 0 Å². The number of hydrogen-bond acceptors (Lipinski definition) is 6. The van der Waals surface area contributed by atoms with Crippen LogP contribution in [0.3, 0.4) is 0 Å². The lowest BCUT2D eigenvalue weighted by Gasteiger charge is -2.07. The van der Waals surface area contributed by atoms with Crippen molar-refractivity contribution in [3.63, 3.8) is 0 Å². The molecule has 0 aliphatic rings. The van der Waals surface area contributed by atoms with E-state index < -0.39 is 12.1 Å². The minimum absolute atomic E-state index is 0.137. The van der Waals surface area contributed by atoms with Crippen LogP contribution in [-0.4, -0.2) is 49.0 Å². The molecule has 0 aliphatic heterocycles. The van der Waals surface area contributed by atoms with Crippen molar-refractivity contribution in [1.29, 1.82) is 0 Å². The van der Waals surface area contributed by atoms with Crippen LogP contribution < -0.4 is 21.3 Å². The van der Waals surface area contributed by atoms with Gasteiger partial charge in [-0.25, -0.2) is 9.59 Å². The van der Waals surface area contributed by atoms with E-state index in [9.17, 15) is 19.2 Å². The van der Waals surface area contributed by atoms with E-state index in [1.165, 1.54) is 28.6 Å². The Balaban J connectivity index is 3.57. The summed E-state index contributed by atoms with van der Waals surface area (Å²) in [5.74, 6) is 0.453. The van der Waals surface area contributed by atoms with E-state index in [1.807, 2.05) is 13.8 Å². The molecule has 0 aromatic heterocycles. The largest absolute Gasteiger partial charge is 0.341 e. The van der Waals surface area contributed by atoms with Gasteiger partial charge in [0.15, 0.2) is 0 Å². The molecule has 0 bridgehead atoms. The summed E-state index contributed by atoms with van der Waals surface area (Å²) in [6, 6.07) is -1.05. The maximum absolute atomic E-state index is 11.4. The highest BCUT2D eigenvalue weighted by Gasteiger charge is 2.08. The maximum atomic E-state index is 11.4. The number of imide groups is 2.